The third-order valence-electron chi connectivity index (χ3n) is 2.90. The lowest BCUT2D eigenvalue weighted by atomic mass is 10.1. The molecular weight excluding hydrogens is 286 g/mol. The molecule has 1 aromatic carbocycles. The summed E-state index contributed by atoms with van der Waals surface area (Å²) in [6.07, 6.45) is 1.20. The SMILES string of the molecule is CCc1nc(CC(=O)Nc2ccccc2CC(N)=O)cs1. The number of primary amides is 1. The van der Waals surface area contributed by atoms with Gasteiger partial charge in [-0.25, -0.2) is 4.98 Å². The van der Waals surface area contributed by atoms with Crippen LogP contribution in [0.3, 0.4) is 0 Å². The van der Waals surface area contributed by atoms with Crippen LogP contribution in [-0.2, 0) is 28.9 Å². The van der Waals surface area contributed by atoms with Gasteiger partial charge < -0.3 is 11.1 Å². The number of nitrogens with two attached hydrogens (primary N) is 1. The maximum absolute atomic E-state index is 12.1. The number of hydrogen-bond acceptors (Lipinski definition) is 4. The highest BCUT2D eigenvalue weighted by Gasteiger charge is 2.10. The quantitative estimate of drug-likeness (QED) is 0.855. The molecule has 3 N–H and O–H groups in total. The normalized spacial score (nSPS) is 10.3. The summed E-state index contributed by atoms with van der Waals surface area (Å²) >= 11 is 1.56. The van der Waals surface area contributed by atoms with Crippen LogP contribution in [0.15, 0.2) is 29.6 Å². The van der Waals surface area contributed by atoms with Gasteiger partial charge in [0.1, 0.15) is 0 Å². The highest BCUT2D eigenvalue weighted by Crippen LogP contribution is 2.16. The zero-order chi connectivity index (χ0) is 15.2. The van der Waals surface area contributed by atoms with E-state index in [-0.39, 0.29) is 18.7 Å². The van der Waals surface area contributed by atoms with Crippen LogP contribution in [0.4, 0.5) is 5.69 Å². The van der Waals surface area contributed by atoms with Crippen LogP contribution < -0.4 is 11.1 Å². The maximum atomic E-state index is 12.1. The molecule has 1 heterocycles. The Morgan fingerprint density at radius 1 is 1.29 bits per heavy atom. The number of rotatable bonds is 6. The lowest BCUT2D eigenvalue weighted by molar-refractivity contribution is -0.117. The largest absolute Gasteiger partial charge is 0.369 e. The topological polar surface area (TPSA) is 85.1 Å². The van der Waals surface area contributed by atoms with Crippen molar-refractivity contribution in [2.75, 3.05) is 5.32 Å². The fraction of sp³-hybridized carbons (Fsp3) is 0.267. The number of amides is 2. The van der Waals surface area contributed by atoms with E-state index in [9.17, 15) is 9.59 Å². The van der Waals surface area contributed by atoms with Gasteiger partial charge in [0.15, 0.2) is 0 Å². The van der Waals surface area contributed by atoms with E-state index in [0.29, 0.717) is 11.3 Å². The van der Waals surface area contributed by atoms with Crippen molar-refractivity contribution in [3.05, 3.63) is 45.9 Å². The van der Waals surface area contributed by atoms with Gasteiger partial charge in [-0.1, -0.05) is 25.1 Å². The monoisotopic (exact) mass is 303 g/mol. The second kappa shape index (κ2) is 6.99. The number of benzene rings is 1. The Bertz CT molecular complexity index is 652. The summed E-state index contributed by atoms with van der Waals surface area (Å²) in [6, 6.07) is 7.15. The van der Waals surface area contributed by atoms with Gasteiger partial charge in [0.25, 0.3) is 0 Å². The minimum Gasteiger partial charge on any atom is -0.369 e. The Hall–Kier alpha value is -2.21. The van der Waals surface area contributed by atoms with Crippen LogP contribution in [0, 0.1) is 0 Å². The zero-order valence-electron chi connectivity index (χ0n) is 11.8. The van der Waals surface area contributed by atoms with Crippen LogP contribution in [-0.4, -0.2) is 16.8 Å². The number of carbonyl (C=O) groups excluding carboxylic acids is 2. The van der Waals surface area contributed by atoms with Gasteiger partial charge in [0.2, 0.25) is 11.8 Å². The van der Waals surface area contributed by atoms with Crippen molar-refractivity contribution in [1.29, 1.82) is 0 Å². The first kappa shape index (κ1) is 15.2. The molecule has 2 rings (SSSR count). The summed E-state index contributed by atoms with van der Waals surface area (Å²) in [5.74, 6) is -0.580. The van der Waals surface area contributed by atoms with Crippen LogP contribution in [0.25, 0.3) is 0 Å². The molecule has 110 valence electrons. The molecule has 0 fully saturated rings. The molecule has 0 aliphatic rings. The summed E-state index contributed by atoms with van der Waals surface area (Å²) < 4.78 is 0. The molecule has 6 heteroatoms. The van der Waals surface area contributed by atoms with E-state index in [2.05, 4.69) is 10.3 Å². The second-order valence-corrected chi connectivity index (χ2v) is 5.55. The third kappa shape index (κ3) is 4.39. The van der Waals surface area contributed by atoms with E-state index in [1.54, 1.807) is 29.5 Å². The van der Waals surface area contributed by atoms with Gasteiger partial charge in [-0.3, -0.25) is 9.59 Å². The van der Waals surface area contributed by atoms with Crippen LogP contribution in [0.2, 0.25) is 0 Å². The molecule has 21 heavy (non-hydrogen) atoms. The maximum Gasteiger partial charge on any atom is 0.230 e. The first-order valence-corrected chi connectivity index (χ1v) is 7.55. The molecule has 5 nitrogen and oxygen atoms in total. The number of anilines is 1. The van der Waals surface area contributed by atoms with Crippen LogP contribution >= 0.6 is 11.3 Å². The lowest BCUT2D eigenvalue weighted by Gasteiger charge is -2.09. The molecule has 0 atom stereocenters. The summed E-state index contributed by atoms with van der Waals surface area (Å²) in [4.78, 5) is 27.5. The van der Waals surface area contributed by atoms with E-state index in [1.807, 2.05) is 18.4 Å². The first-order valence-electron chi connectivity index (χ1n) is 6.67. The number of nitrogens with zero attached hydrogens (tertiary/aromatic N) is 1. The van der Waals surface area contributed by atoms with Gasteiger partial charge in [-0.05, 0) is 18.1 Å². The highest BCUT2D eigenvalue weighted by molar-refractivity contribution is 7.09. The number of nitrogens with one attached hydrogen (secondary N) is 1. The van der Waals surface area contributed by atoms with Crippen molar-refractivity contribution < 1.29 is 9.59 Å². The van der Waals surface area contributed by atoms with Gasteiger partial charge in [-0.2, -0.15) is 0 Å². The number of carbonyl (C=O) groups is 2. The van der Waals surface area contributed by atoms with E-state index in [4.69, 9.17) is 5.73 Å². The van der Waals surface area contributed by atoms with Crippen molar-refractivity contribution in [2.24, 2.45) is 5.73 Å². The van der Waals surface area contributed by atoms with Crippen molar-refractivity contribution in [1.82, 2.24) is 4.98 Å². The van der Waals surface area contributed by atoms with Crippen molar-refractivity contribution in [3.63, 3.8) is 0 Å². The van der Waals surface area contributed by atoms with Gasteiger partial charge >= 0.3 is 0 Å². The number of hydrogen-bond donors (Lipinski definition) is 2. The molecule has 0 saturated carbocycles. The minimum absolute atomic E-state index is 0.104. The highest BCUT2D eigenvalue weighted by atomic mass is 32.1. The Morgan fingerprint density at radius 3 is 2.71 bits per heavy atom. The molecule has 0 saturated heterocycles. The molecule has 0 unspecified atom stereocenters. The Kier molecular flexibility index (Phi) is 5.05. The van der Waals surface area contributed by atoms with Gasteiger partial charge in [0, 0.05) is 11.1 Å². The lowest BCUT2D eigenvalue weighted by Crippen LogP contribution is -2.18. The standard InChI is InChI=1S/C15H17N3O2S/c1-2-15-17-11(9-21-15)8-14(20)18-12-6-4-3-5-10(12)7-13(16)19/h3-6,9H,2,7-8H2,1H3,(H2,16,19)(H,18,20). The summed E-state index contributed by atoms with van der Waals surface area (Å²) in [6.45, 7) is 2.03. The summed E-state index contributed by atoms with van der Waals surface area (Å²) in [5.41, 5.74) is 7.30. The second-order valence-electron chi connectivity index (χ2n) is 4.61. The molecule has 2 amide bonds. The fourth-order valence-corrected chi connectivity index (χ4v) is 2.68. The van der Waals surface area contributed by atoms with Gasteiger partial charge in [0.05, 0.1) is 23.5 Å². The number of aromatic nitrogens is 1. The minimum atomic E-state index is -0.427. The molecular formula is C15H17N3O2S. The first-order chi connectivity index (χ1) is 10.1. The molecule has 0 bridgehead atoms. The smallest absolute Gasteiger partial charge is 0.230 e. The predicted octanol–water partition coefficient (Wildman–Crippen LogP) is 1.91. The van der Waals surface area contributed by atoms with Crippen molar-refractivity contribution in [2.45, 2.75) is 26.2 Å². The average molecular weight is 303 g/mol. The molecule has 0 spiro atoms. The van der Waals surface area contributed by atoms with E-state index < -0.39 is 5.91 Å². The van der Waals surface area contributed by atoms with Gasteiger partial charge in [-0.15, -0.1) is 11.3 Å². The Labute approximate surface area is 127 Å². The zero-order valence-corrected chi connectivity index (χ0v) is 12.6. The average Bonchev–Trinajstić information content (AvgIpc) is 2.88. The Balaban J connectivity index is 2.03. The summed E-state index contributed by atoms with van der Waals surface area (Å²) in [5, 5.41) is 5.73. The predicted molar refractivity (Wildman–Crippen MR) is 83.2 cm³/mol. The van der Waals surface area contributed by atoms with Crippen LogP contribution in [0.5, 0.6) is 0 Å². The number of para-hydroxylation sites is 1. The fourth-order valence-electron chi connectivity index (χ4n) is 1.94. The van der Waals surface area contributed by atoms with Crippen LogP contribution in [0.1, 0.15) is 23.2 Å². The van der Waals surface area contributed by atoms with E-state index >= 15 is 0 Å². The van der Waals surface area contributed by atoms with Crippen molar-refractivity contribution >= 4 is 28.8 Å². The molecule has 1 aromatic heterocycles. The molecule has 2 aromatic rings. The molecule has 0 aliphatic heterocycles. The third-order valence-corrected chi connectivity index (χ3v) is 3.94. The van der Waals surface area contributed by atoms with E-state index in [1.165, 1.54) is 0 Å². The number of aryl methyl sites for hydroxylation is 1. The van der Waals surface area contributed by atoms with Crippen molar-refractivity contribution in [3.8, 4) is 0 Å². The van der Waals surface area contributed by atoms with E-state index in [0.717, 1.165) is 17.1 Å². The summed E-state index contributed by atoms with van der Waals surface area (Å²) in [7, 11) is 0. The number of thiazole rings is 1. The molecule has 0 aliphatic carbocycles. The Morgan fingerprint density at radius 2 is 2.05 bits per heavy atom. The molecule has 0 radical (unpaired) electrons.